The molecule has 0 spiro atoms. The standard InChI is InChI=1S/C13H18N2OS.ClH/c1-9(14)13(16)15-8-12-11-5-3-2-4-10(11)6-7-17-12;/h2-5,9,12H,6-8,14H2,1H3,(H,15,16);1H/t9-,12?;/m1./s1. The summed E-state index contributed by atoms with van der Waals surface area (Å²) in [5.74, 6) is 1.05. The fourth-order valence-electron chi connectivity index (χ4n) is 2.00. The number of hydrogen-bond donors (Lipinski definition) is 2. The van der Waals surface area contributed by atoms with Gasteiger partial charge in [-0.1, -0.05) is 24.3 Å². The van der Waals surface area contributed by atoms with Gasteiger partial charge in [0, 0.05) is 11.8 Å². The van der Waals surface area contributed by atoms with Crippen LogP contribution in [0.3, 0.4) is 0 Å². The summed E-state index contributed by atoms with van der Waals surface area (Å²) < 4.78 is 0. The van der Waals surface area contributed by atoms with Crippen molar-refractivity contribution in [3.05, 3.63) is 35.4 Å². The fraction of sp³-hybridized carbons (Fsp3) is 0.462. The molecule has 1 heterocycles. The van der Waals surface area contributed by atoms with Crippen molar-refractivity contribution < 1.29 is 4.79 Å². The van der Waals surface area contributed by atoms with Crippen molar-refractivity contribution in [1.29, 1.82) is 0 Å². The SMILES string of the molecule is C[C@@H](N)C(=O)NCC1SCCc2ccccc21.Cl. The number of hydrogen-bond acceptors (Lipinski definition) is 3. The highest BCUT2D eigenvalue weighted by molar-refractivity contribution is 7.99. The molecule has 3 nitrogen and oxygen atoms in total. The predicted octanol–water partition coefficient (Wildman–Crippen LogP) is 1.90. The summed E-state index contributed by atoms with van der Waals surface area (Å²) in [6.07, 6.45) is 1.12. The second-order valence-corrected chi connectivity index (χ2v) is 5.65. The van der Waals surface area contributed by atoms with Gasteiger partial charge in [0.15, 0.2) is 0 Å². The Labute approximate surface area is 118 Å². The minimum absolute atomic E-state index is 0. The number of fused-ring (bicyclic) bond motifs is 1. The third kappa shape index (κ3) is 3.64. The van der Waals surface area contributed by atoms with Crippen molar-refractivity contribution in [3.8, 4) is 0 Å². The maximum atomic E-state index is 11.5. The molecule has 0 aromatic heterocycles. The molecule has 1 aromatic rings. The van der Waals surface area contributed by atoms with Crippen molar-refractivity contribution >= 4 is 30.1 Å². The van der Waals surface area contributed by atoms with E-state index in [2.05, 4.69) is 29.6 Å². The maximum absolute atomic E-state index is 11.5. The van der Waals surface area contributed by atoms with Gasteiger partial charge in [0.1, 0.15) is 0 Å². The molecule has 0 radical (unpaired) electrons. The summed E-state index contributed by atoms with van der Waals surface area (Å²) in [5, 5.41) is 3.27. The first-order valence-corrected chi connectivity index (χ1v) is 6.96. The molecule has 1 aromatic carbocycles. The minimum Gasteiger partial charge on any atom is -0.353 e. The average molecular weight is 287 g/mol. The molecule has 1 aliphatic heterocycles. The normalized spacial score (nSPS) is 19.3. The van der Waals surface area contributed by atoms with Crippen LogP contribution in [0, 0.1) is 0 Å². The summed E-state index contributed by atoms with van der Waals surface area (Å²) >= 11 is 1.90. The lowest BCUT2D eigenvalue weighted by molar-refractivity contribution is -0.121. The van der Waals surface area contributed by atoms with Crippen molar-refractivity contribution in [2.24, 2.45) is 5.73 Å². The van der Waals surface area contributed by atoms with Gasteiger partial charge in [-0.3, -0.25) is 4.79 Å². The van der Waals surface area contributed by atoms with Crippen molar-refractivity contribution in [2.45, 2.75) is 24.6 Å². The number of amides is 1. The number of nitrogens with two attached hydrogens (primary N) is 1. The number of aryl methyl sites for hydroxylation is 1. The van der Waals surface area contributed by atoms with Crippen LogP contribution in [-0.4, -0.2) is 24.2 Å². The van der Waals surface area contributed by atoms with Crippen LogP contribution in [0.5, 0.6) is 0 Å². The summed E-state index contributed by atoms with van der Waals surface area (Å²) in [7, 11) is 0. The van der Waals surface area contributed by atoms with E-state index in [1.54, 1.807) is 6.92 Å². The number of halogens is 1. The Balaban J connectivity index is 0.00000162. The highest BCUT2D eigenvalue weighted by Gasteiger charge is 2.21. The second-order valence-electron chi connectivity index (χ2n) is 4.34. The number of nitrogens with one attached hydrogen (secondary N) is 1. The van der Waals surface area contributed by atoms with Crippen LogP contribution in [0.25, 0.3) is 0 Å². The Kier molecular flexibility index (Phi) is 5.99. The highest BCUT2D eigenvalue weighted by Crippen LogP contribution is 2.35. The number of benzene rings is 1. The topological polar surface area (TPSA) is 55.1 Å². The Hall–Kier alpha value is -0.710. The second kappa shape index (κ2) is 7.02. The summed E-state index contributed by atoms with van der Waals surface area (Å²) in [6.45, 7) is 2.37. The zero-order chi connectivity index (χ0) is 12.3. The lowest BCUT2D eigenvalue weighted by Crippen LogP contribution is -2.40. The fourth-order valence-corrected chi connectivity index (χ4v) is 3.23. The molecule has 3 N–H and O–H groups in total. The Morgan fingerprint density at radius 2 is 2.28 bits per heavy atom. The van der Waals surface area contributed by atoms with Gasteiger partial charge in [-0.05, 0) is 30.2 Å². The first kappa shape index (κ1) is 15.3. The zero-order valence-corrected chi connectivity index (χ0v) is 12.0. The molecule has 18 heavy (non-hydrogen) atoms. The third-order valence-corrected chi connectivity index (χ3v) is 4.23. The van der Waals surface area contributed by atoms with E-state index in [4.69, 9.17) is 5.73 Å². The van der Waals surface area contributed by atoms with Gasteiger partial charge < -0.3 is 11.1 Å². The van der Waals surface area contributed by atoms with Gasteiger partial charge in [-0.2, -0.15) is 11.8 Å². The van der Waals surface area contributed by atoms with E-state index >= 15 is 0 Å². The quantitative estimate of drug-likeness (QED) is 0.892. The first-order chi connectivity index (χ1) is 8.18. The molecule has 0 saturated carbocycles. The number of thioether (sulfide) groups is 1. The van der Waals surface area contributed by atoms with Crippen LogP contribution in [0.15, 0.2) is 24.3 Å². The van der Waals surface area contributed by atoms with Crippen LogP contribution >= 0.6 is 24.2 Å². The van der Waals surface area contributed by atoms with E-state index in [-0.39, 0.29) is 18.3 Å². The third-order valence-electron chi connectivity index (χ3n) is 2.97. The first-order valence-electron chi connectivity index (χ1n) is 5.91. The molecule has 1 aliphatic rings. The summed E-state index contributed by atoms with van der Waals surface area (Å²) in [6, 6.07) is 8.04. The summed E-state index contributed by atoms with van der Waals surface area (Å²) in [4.78, 5) is 11.5. The molecular weight excluding hydrogens is 268 g/mol. The molecule has 0 fully saturated rings. The maximum Gasteiger partial charge on any atom is 0.236 e. The summed E-state index contributed by atoms with van der Waals surface area (Å²) in [5.41, 5.74) is 8.29. The van der Waals surface area contributed by atoms with Gasteiger partial charge in [0.05, 0.1) is 6.04 Å². The molecule has 0 aliphatic carbocycles. The number of rotatable bonds is 3. The van der Waals surface area contributed by atoms with E-state index < -0.39 is 6.04 Å². The van der Waals surface area contributed by atoms with Crippen LogP contribution in [0.2, 0.25) is 0 Å². The van der Waals surface area contributed by atoms with Crippen molar-refractivity contribution in [3.63, 3.8) is 0 Å². The Morgan fingerprint density at radius 1 is 1.56 bits per heavy atom. The van der Waals surface area contributed by atoms with Gasteiger partial charge in [0.25, 0.3) is 0 Å². The van der Waals surface area contributed by atoms with Crippen molar-refractivity contribution in [1.82, 2.24) is 5.32 Å². The lowest BCUT2D eigenvalue weighted by atomic mass is 10.0. The highest BCUT2D eigenvalue weighted by atomic mass is 35.5. The van der Waals surface area contributed by atoms with Gasteiger partial charge in [0.2, 0.25) is 5.91 Å². The molecule has 100 valence electrons. The molecule has 5 heteroatoms. The van der Waals surface area contributed by atoms with Crippen LogP contribution in [-0.2, 0) is 11.2 Å². The number of carbonyl (C=O) groups is 1. The molecule has 0 saturated heterocycles. The van der Waals surface area contributed by atoms with E-state index in [1.165, 1.54) is 11.1 Å². The van der Waals surface area contributed by atoms with E-state index in [9.17, 15) is 4.79 Å². The Bertz CT molecular complexity index is 412. The molecule has 2 atom stereocenters. The Morgan fingerprint density at radius 3 is 3.00 bits per heavy atom. The minimum atomic E-state index is -0.432. The molecule has 1 unspecified atom stereocenters. The van der Waals surface area contributed by atoms with Gasteiger partial charge in [-0.25, -0.2) is 0 Å². The number of carbonyl (C=O) groups excluding carboxylic acids is 1. The van der Waals surface area contributed by atoms with E-state index in [0.29, 0.717) is 11.8 Å². The largest absolute Gasteiger partial charge is 0.353 e. The van der Waals surface area contributed by atoms with Gasteiger partial charge >= 0.3 is 0 Å². The molecule has 2 rings (SSSR count). The predicted molar refractivity (Wildman–Crippen MR) is 79.3 cm³/mol. The van der Waals surface area contributed by atoms with Crippen LogP contribution in [0.4, 0.5) is 0 Å². The molecule has 0 bridgehead atoms. The molecule has 1 amide bonds. The average Bonchev–Trinajstić information content (AvgIpc) is 2.35. The van der Waals surface area contributed by atoms with Crippen LogP contribution in [0.1, 0.15) is 23.3 Å². The van der Waals surface area contributed by atoms with E-state index in [1.807, 2.05) is 11.8 Å². The molecular formula is C13H19ClN2OS. The monoisotopic (exact) mass is 286 g/mol. The van der Waals surface area contributed by atoms with E-state index in [0.717, 1.165) is 12.2 Å². The smallest absolute Gasteiger partial charge is 0.236 e. The van der Waals surface area contributed by atoms with Crippen molar-refractivity contribution in [2.75, 3.05) is 12.3 Å². The van der Waals surface area contributed by atoms with Gasteiger partial charge in [-0.15, -0.1) is 12.4 Å². The van der Waals surface area contributed by atoms with Crippen LogP contribution < -0.4 is 11.1 Å². The lowest BCUT2D eigenvalue weighted by Gasteiger charge is -2.25. The zero-order valence-electron chi connectivity index (χ0n) is 10.4.